The van der Waals surface area contributed by atoms with E-state index in [0.29, 0.717) is 19.0 Å². The molecule has 0 aromatic carbocycles. The Balaban J connectivity index is 2.31. The van der Waals surface area contributed by atoms with Crippen LogP contribution in [0.5, 0.6) is 0 Å². The van der Waals surface area contributed by atoms with Crippen LogP contribution in [0.4, 0.5) is 4.79 Å². The van der Waals surface area contributed by atoms with Crippen molar-refractivity contribution in [2.45, 2.75) is 20.3 Å². The summed E-state index contributed by atoms with van der Waals surface area (Å²) in [6.45, 7) is 8.87. The molecule has 82 valence electrons. The summed E-state index contributed by atoms with van der Waals surface area (Å²) in [7, 11) is 0. The first kappa shape index (κ1) is 11.3. The van der Waals surface area contributed by atoms with Crippen molar-refractivity contribution in [3.05, 3.63) is 0 Å². The molecule has 1 atom stereocenters. The van der Waals surface area contributed by atoms with Crippen LogP contribution in [-0.4, -0.2) is 53.7 Å². The molecule has 0 bridgehead atoms. The van der Waals surface area contributed by atoms with Crippen molar-refractivity contribution in [1.82, 2.24) is 9.80 Å². The first-order chi connectivity index (χ1) is 6.67. The monoisotopic (exact) mass is 200 g/mol. The van der Waals surface area contributed by atoms with Crippen LogP contribution in [0, 0.1) is 5.92 Å². The molecule has 0 radical (unpaired) electrons. The van der Waals surface area contributed by atoms with Crippen molar-refractivity contribution in [2.75, 3.05) is 32.7 Å². The van der Waals surface area contributed by atoms with E-state index in [4.69, 9.17) is 5.11 Å². The van der Waals surface area contributed by atoms with Gasteiger partial charge in [-0.2, -0.15) is 0 Å². The molecule has 0 aliphatic carbocycles. The SMILES string of the molecule is CCN(CC)C[C@H]1CCN(C(=O)O)C1. The van der Waals surface area contributed by atoms with Crippen molar-refractivity contribution >= 4 is 6.09 Å². The maximum absolute atomic E-state index is 10.7. The van der Waals surface area contributed by atoms with Crippen molar-refractivity contribution < 1.29 is 9.90 Å². The summed E-state index contributed by atoms with van der Waals surface area (Å²) in [5, 5.41) is 8.79. The molecule has 14 heavy (non-hydrogen) atoms. The number of carbonyl (C=O) groups is 1. The standard InChI is InChI=1S/C10H20N2O2/c1-3-11(4-2)7-9-5-6-12(8-9)10(13)14/h9H,3-8H2,1-2H3,(H,13,14)/t9-/m1/s1. The minimum atomic E-state index is -0.771. The zero-order valence-electron chi connectivity index (χ0n) is 9.07. The normalized spacial score (nSPS) is 21.9. The third kappa shape index (κ3) is 2.87. The topological polar surface area (TPSA) is 43.8 Å². The van der Waals surface area contributed by atoms with Gasteiger partial charge in [-0.15, -0.1) is 0 Å². The van der Waals surface area contributed by atoms with E-state index in [2.05, 4.69) is 18.7 Å². The Kier molecular flexibility index (Phi) is 4.20. The number of rotatable bonds is 4. The van der Waals surface area contributed by atoms with Gasteiger partial charge in [0.2, 0.25) is 0 Å². The maximum atomic E-state index is 10.7. The van der Waals surface area contributed by atoms with Gasteiger partial charge in [0.25, 0.3) is 0 Å². The molecule has 4 heteroatoms. The van der Waals surface area contributed by atoms with Crippen LogP contribution in [0.2, 0.25) is 0 Å². The van der Waals surface area contributed by atoms with Gasteiger partial charge in [0.1, 0.15) is 0 Å². The number of hydrogen-bond donors (Lipinski definition) is 1. The Morgan fingerprint density at radius 3 is 2.57 bits per heavy atom. The smallest absolute Gasteiger partial charge is 0.407 e. The number of hydrogen-bond acceptors (Lipinski definition) is 2. The largest absolute Gasteiger partial charge is 0.465 e. The van der Waals surface area contributed by atoms with Gasteiger partial charge < -0.3 is 14.9 Å². The Labute approximate surface area is 85.5 Å². The van der Waals surface area contributed by atoms with Crippen LogP contribution in [0.1, 0.15) is 20.3 Å². The number of carboxylic acid groups (broad SMARTS) is 1. The molecule has 1 aliphatic heterocycles. The Morgan fingerprint density at radius 2 is 2.14 bits per heavy atom. The Bertz CT molecular complexity index is 193. The van der Waals surface area contributed by atoms with Gasteiger partial charge in [0.05, 0.1) is 0 Å². The zero-order chi connectivity index (χ0) is 10.6. The summed E-state index contributed by atoms with van der Waals surface area (Å²) in [4.78, 5) is 14.6. The summed E-state index contributed by atoms with van der Waals surface area (Å²) in [5.74, 6) is 0.533. The fraction of sp³-hybridized carbons (Fsp3) is 0.900. The maximum Gasteiger partial charge on any atom is 0.407 e. The van der Waals surface area contributed by atoms with E-state index in [9.17, 15) is 4.79 Å². The van der Waals surface area contributed by atoms with Gasteiger partial charge in [0, 0.05) is 19.6 Å². The van der Waals surface area contributed by atoms with E-state index >= 15 is 0 Å². The van der Waals surface area contributed by atoms with Crippen LogP contribution < -0.4 is 0 Å². The zero-order valence-corrected chi connectivity index (χ0v) is 9.07. The number of nitrogens with zero attached hydrogens (tertiary/aromatic N) is 2. The van der Waals surface area contributed by atoms with E-state index in [-0.39, 0.29) is 0 Å². The predicted octanol–water partition coefficient (Wildman–Crippen LogP) is 1.33. The third-order valence-corrected chi connectivity index (χ3v) is 2.97. The fourth-order valence-corrected chi connectivity index (χ4v) is 2.00. The van der Waals surface area contributed by atoms with Gasteiger partial charge in [-0.3, -0.25) is 0 Å². The van der Waals surface area contributed by atoms with Crippen LogP contribution in [0.15, 0.2) is 0 Å². The molecule has 1 rings (SSSR count). The molecule has 0 unspecified atom stereocenters. The highest BCUT2D eigenvalue weighted by Crippen LogP contribution is 2.17. The van der Waals surface area contributed by atoms with E-state index in [1.54, 1.807) is 0 Å². The highest BCUT2D eigenvalue weighted by atomic mass is 16.4. The Morgan fingerprint density at radius 1 is 1.50 bits per heavy atom. The van der Waals surface area contributed by atoms with Crippen LogP contribution >= 0.6 is 0 Å². The van der Waals surface area contributed by atoms with Gasteiger partial charge in [-0.25, -0.2) is 4.79 Å². The summed E-state index contributed by atoms with van der Waals surface area (Å²) < 4.78 is 0. The quantitative estimate of drug-likeness (QED) is 0.744. The van der Waals surface area contributed by atoms with Gasteiger partial charge in [-0.1, -0.05) is 13.8 Å². The second kappa shape index (κ2) is 5.20. The van der Waals surface area contributed by atoms with Crippen molar-refractivity contribution in [2.24, 2.45) is 5.92 Å². The summed E-state index contributed by atoms with van der Waals surface area (Å²) in [5.41, 5.74) is 0. The van der Waals surface area contributed by atoms with Gasteiger partial charge in [0.15, 0.2) is 0 Å². The first-order valence-corrected chi connectivity index (χ1v) is 5.37. The van der Waals surface area contributed by atoms with Crippen LogP contribution in [-0.2, 0) is 0 Å². The second-order valence-electron chi connectivity index (χ2n) is 3.87. The molecule has 1 aliphatic rings. The predicted molar refractivity (Wildman–Crippen MR) is 55.5 cm³/mol. The van der Waals surface area contributed by atoms with E-state index in [1.807, 2.05) is 0 Å². The molecule has 1 fully saturated rings. The molecule has 1 amide bonds. The van der Waals surface area contributed by atoms with E-state index in [1.165, 1.54) is 4.90 Å². The third-order valence-electron chi connectivity index (χ3n) is 2.97. The summed E-state index contributed by atoms with van der Waals surface area (Å²) >= 11 is 0. The van der Waals surface area contributed by atoms with Gasteiger partial charge in [-0.05, 0) is 25.4 Å². The molecule has 1 heterocycles. The number of likely N-dealkylation sites (tertiary alicyclic amines) is 1. The Hall–Kier alpha value is -0.770. The summed E-state index contributed by atoms with van der Waals surface area (Å²) in [6, 6.07) is 0. The lowest BCUT2D eigenvalue weighted by Gasteiger charge is -2.22. The summed E-state index contributed by atoms with van der Waals surface area (Å²) in [6.07, 6.45) is 0.245. The minimum absolute atomic E-state index is 0.533. The molecule has 1 saturated heterocycles. The molecule has 0 spiro atoms. The fourth-order valence-electron chi connectivity index (χ4n) is 2.00. The average Bonchev–Trinajstić information content (AvgIpc) is 2.62. The molecule has 0 aromatic rings. The molecular formula is C10H20N2O2. The van der Waals surface area contributed by atoms with Crippen LogP contribution in [0.3, 0.4) is 0 Å². The lowest BCUT2D eigenvalue weighted by Crippen LogP contribution is -2.32. The highest BCUT2D eigenvalue weighted by molar-refractivity contribution is 5.65. The average molecular weight is 200 g/mol. The lowest BCUT2D eigenvalue weighted by atomic mass is 10.1. The van der Waals surface area contributed by atoms with Crippen molar-refractivity contribution in [1.29, 1.82) is 0 Å². The second-order valence-corrected chi connectivity index (χ2v) is 3.87. The van der Waals surface area contributed by atoms with Gasteiger partial charge >= 0.3 is 6.09 Å². The molecule has 1 N–H and O–H groups in total. The lowest BCUT2D eigenvalue weighted by molar-refractivity contribution is 0.152. The van der Waals surface area contributed by atoms with Crippen molar-refractivity contribution in [3.8, 4) is 0 Å². The van der Waals surface area contributed by atoms with E-state index in [0.717, 1.165) is 26.1 Å². The van der Waals surface area contributed by atoms with Crippen molar-refractivity contribution in [3.63, 3.8) is 0 Å². The molecule has 4 nitrogen and oxygen atoms in total. The van der Waals surface area contributed by atoms with Crippen LogP contribution in [0.25, 0.3) is 0 Å². The molecular weight excluding hydrogens is 180 g/mol. The molecule has 0 saturated carbocycles. The van der Waals surface area contributed by atoms with E-state index < -0.39 is 6.09 Å². The molecule has 0 aromatic heterocycles. The highest BCUT2D eigenvalue weighted by Gasteiger charge is 2.26. The number of amides is 1. The first-order valence-electron chi connectivity index (χ1n) is 5.37. The minimum Gasteiger partial charge on any atom is -0.465 e.